The standard InChI is InChI=1S/C13H18N4S/c1-2-3-9-12-15-16-13(17(12)14)18-10-11-7-5-4-6-8-11/h4-8H,2-3,9-10,14H2,1H3. The summed E-state index contributed by atoms with van der Waals surface area (Å²) >= 11 is 1.62. The summed E-state index contributed by atoms with van der Waals surface area (Å²) in [5.41, 5.74) is 1.26. The highest BCUT2D eigenvalue weighted by Crippen LogP contribution is 2.20. The summed E-state index contributed by atoms with van der Waals surface area (Å²) in [6, 6.07) is 10.3. The van der Waals surface area contributed by atoms with E-state index in [1.54, 1.807) is 16.4 Å². The smallest absolute Gasteiger partial charge is 0.210 e. The van der Waals surface area contributed by atoms with Crippen LogP contribution < -0.4 is 5.84 Å². The third kappa shape index (κ3) is 3.26. The monoisotopic (exact) mass is 262 g/mol. The summed E-state index contributed by atoms with van der Waals surface area (Å²) in [6.45, 7) is 2.16. The van der Waals surface area contributed by atoms with Crippen LogP contribution in [-0.2, 0) is 12.2 Å². The largest absolute Gasteiger partial charge is 0.336 e. The van der Waals surface area contributed by atoms with Crippen LogP contribution >= 0.6 is 11.8 Å². The average Bonchev–Trinajstić information content (AvgIpc) is 2.76. The maximum atomic E-state index is 5.98. The average molecular weight is 262 g/mol. The Balaban J connectivity index is 1.95. The predicted octanol–water partition coefficient (Wildman–Crippen LogP) is 2.63. The van der Waals surface area contributed by atoms with Crippen molar-refractivity contribution < 1.29 is 0 Å². The van der Waals surface area contributed by atoms with E-state index in [1.165, 1.54) is 5.56 Å². The number of benzene rings is 1. The molecule has 0 fully saturated rings. The second kappa shape index (κ2) is 6.44. The van der Waals surface area contributed by atoms with Gasteiger partial charge in [0.05, 0.1) is 0 Å². The van der Waals surface area contributed by atoms with E-state index in [2.05, 4.69) is 29.3 Å². The molecule has 2 aromatic rings. The van der Waals surface area contributed by atoms with Gasteiger partial charge in [0.25, 0.3) is 0 Å². The molecular weight excluding hydrogens is 244 g/mol. The second-order valence-corrected chi connectivity index (χ2v) is 5.09. The van der Waals surface area contributed by atoms with Crippen molar-refractivity contribution >= 4 is 11.8 Å². The number of aromatic nitrogens is 3. The van der Waals surface area contributed by atoms with Gasteiger partial charge in [0.2, 0.25) is 5.16 Å². The fourth-order valence-electron chi connectivity index (χ4n) is 1.63. The van der Waals surface area contributed by atoms with E-state index in [1.807, 2.05) is 18.2 Å². The van der Waals surface area contributed by atoms with Crippen molar-refractivity contribution in [3.63, 3.8) is 0 Å². The van der Waals surface area contributed by atoms with Crippen molar-refractivity contribution in [2.75, 3.05) is 5.84 Å². The molecular formula is C13H18N4S. The summed E-state index contributed by atoms with van der Waals surface area (Å²) in [4.78, 5) is 0. The molecule has 0 unspecified atom stereocenters. The number of hydrogen-bond acceptors (Lipinski definition) is 4. The topological polar surface area (TPSA) is 56.7 Å². The van der Waals surface area contributed by atoms with Crippen LogP contribution in [0.4, 0.5) is 0 Å². The maximum Gasteiger partial charge on any atom is 0.210 e. The number of rotatable bonds is 6. The van der Waals surface area contributed by atoms with Gasteiger partial charge >= 0.3 is 0 Å². The quantitative estimate of drug-likeness (QED) is 0.642. The Bertz CT molecular complexity index is 481. The number of nitrogens with zero attached hydrogens (tertiary/aromatic N) is 3. The molecule has 0 saturated heterocycles. The zero-order valence-electron chi connectivity index (χ0n) is 10.5. The minimum atomic E-state index is 0.782. The second-order valence-electron chi connectivity index (χ2n) is 4.15. The molecule has 0 atom stereocenters. The van der Waals surface area contributed by atoms with E-state index in [0.29, 0.717) is 0 Å². The molecule has 2 N–H and O–H groups in total. The predicted molar refractivity (Wildman–Crippen MR) is 74.8 cm³/mol. The highest BCUT2D eigenvalue weighted by atomic mass is 32.2. The minimum Gasteiger partial charge on any atom is -0.336 e. The summed E-state index contributed by atoms with van der Waals surface area (Å²) in [5.74, 6) is 7.71. The Hall–Kier alpha value is -1.49. The Kier molecular flexibility index (Phi) is 4.64. The Morgan fingerprint density at radius 2 is 2.00 bits per heavy atom. The zero-order valence-corrected chi connectivity index (χ0v) is 11.4. The molecule has 18 heavy (non-hydrogen) atoms. The van der Waals surface area contributed by atoms with Gasteiger partial charge in [-0.05, 0) is 12.0 Å². The van der Waals surface area contributed by atoms with E-state index in [0.717, 1.165) is 36.0 Å². The molecule has 0 saturated carbocycles. The summed E-state index contributed by atoms with van der Waals surface area (Å²) < 4.78 is 1.61. The number of nitrogens with two attached hydrogens (primary N) is 1. The molecule has 96 valence electrons. The van der Waals surface area contributed by atoms with Gasteiger partial charge in [0.1, 0.15) is 0 Å². The van der Waals surface area contributed by atoms with Gasteiger partial charge < -0.3 is 5.84 Å². The molecule has 0 aliphatic heterocycles. The first-order valence-electron chi connectivity index (χ1n) is 6.17. The third-order valence-corrected chi connectivity index (χ3v) is 3.71. The van der Waals surface area contributed by atoms with Gasteiger partial charge in [-0.2, -0.15) is 0 Å². The highest BCUT2D eigenvalue weighted by Gasteiger charge is 2.09. The van der Waals surface area contributed by atoms with Crippen LogP contribution in [0.3, 0.4) is 0 Å². The fraction of sp³-hybridized carbons (Fsp3) is 0.385. The fourth-order valence-corrected chi connectivity index (χ4v) is 2.46. The first-order chi connectivity index (χ1) is 8.81. The van der Waals surface area contributed by atoms with Crippen molar-refractivity contribution in [2.45, 2.75) is 37.1 Å². The number of unbranched alkanes of at least 4 members (excludes halogenated alkanes) is 1. The molecule has 0 aliphatic carbocycles. The Labute approximate surface area is 112 Å². The van der Waals surface area contributed by atoms with Crippen LogP contribution in [0.25, 0.3) is 0 Å². The lowest BCUT2D eigenvalue weighted by Crippen LogP contribution is -2.14. The number of hydrogen-bond donors (Lipinski definition) is 1. The molecule has 0 bridgehead atoms. The van der Waals surface area contributed by atoms with Crippen molar-refractivity contribution in [1.29, 1.82) is 0 Å². The van der Waals surface area contributed by atoms with Crippen LogP contribution in [0.2, 0.25) is 0 Å². The SMILES string of the molecule is CCCCc1nnc(SCc2ccccc2)n1N. The molecule has 4 nitrogen and oxygen atoms in total. The van der Waals surface area contributed by atoms with Gasteiger partial charge in [0, 0.05) is 12.2 Å². The van der Waals surface area contributed by atoms with E-state index in [9.17, 15) is 0 Å². The van der Waals surface area contributed by atoms with Crippen LogP contribution in [0.15, 0.2) is 35.5 Å². The number of aryl methyl sites for hydroxylation is 1. The maximum absolute atomic E-state index is 5.98. The Morgan fingerprint density at radius 1 is 1.22 bits per heavy atom. The van der Waals surface area contributed by atoms with Gasteiger partial charge in [-0.15, -0.1) is 10.2 Å². The first kappa shape index (κ1) is 13.0. The van der Waals surface area contributed by atoms with Gasteiger partial charge in [-0.25, -0.2) is 4.68 Å². The molecule has 0 radical (unpaired) electrons. The molecule has 0 spiro atoms. The summed E-state index contributed by atoms with van der Waals surface area (Å²) in [5, 5.41) is 9.05. The van der Waals surface area contributed by atoms with E-state index < -0.39 is 0 Å². The zero-order chi connectivity index (χ0) is 12.8. The molecule has 1 aromatic carbocycles. The lowest BCUT2D eigenvalue weighted by molar-refractivity contribution is 0.712. The van der Waals surface area contributed by atoms with E-state index in [4.69, 9.17) is 5.84 Å². The number of thioether (sulfide) groups is 1. The van der Waals surface area contributed by atoms with Gasteiger partial charge in [-0.1, -0.05) is 55.4 Å². The van der Waals surface area contributed by atoms with Crippen molar-refractivity contribution in [2.24, 2.45) is 0 Å². The Morgan fingerprint density at radius 3 is 2.72 bits per heavy atom. The lowest BCUT2D eigenvalue weighted by Gasteiger charge is -2.03. The molecule has 1 heterocycles. The van der Waals surface area contributed by atoms with Crippen LogP contribution in [-0.4, -0.2) is 14.9 Å². The van der Waals surface area contributed by atoms with Gasteiger partial charge in [0.15, 0.2) is 5.82 Å². The molecule has 1 aromatic heterocycles. The summed E-state index contributed by atoms with van der Waals surface area (Å²) in [6.07, 6.45) is 3.13. The van der Waals surface area contributed by atoms with Crippen molar-refractivity contribution in [3.05, 3.63) is 41.7 Å². The molecule has 2 rings (SSSR count). The molecule has 0 amide bonds. The van der Waals surface area contributed by atoms with Crippen molar-refractivity contribution in [1.82, 2.24) is 14.9 Å². The molecule has 0 aliphatic rings. The third-order valence-electron chi connectivity index (χ3n) is 2.70. The number of nitrogen functional groups attached to an aromatic ring is 1. The summed E-state index contributed by atoms with van der Waals surface area (Å²) in [7, 11) is 0. The normalized spacial score (nSPS) is 10.7. The minimum absolute atomic E-state index is 0.782. The highest BCUT2D eigenvalue weighted by molar-refractivity contribution is 7.98. The van der Waals surface area contributed by atoms with Gasteiger partial charge in [-0.3, -0.25) is 0 Å². The van der Waals surface area contributed by atoms with Crippen LogP contribution in [0.1, 0.15) is 31.2 Å². The lowest BCUT2D eigenvalue weighted by atomic mass is 10.2. The van der Waals surface area contributed by atoms with Crippen LogP contribution in [0.5, 0.6) is 0 Å². The van der Waals surface area contributed by atoms with Crippen molar-refractivity contribution in [3.8, 4) is 0 Å². The van der Waals surface area contributed by atoms with E-state index in [-0.39, 0.29) is 0 Å². The van der Waals surface area contributed by atoms with E-state index >= 15 is 0 Å². The molecule has 5 heteroatoms. The van der Waals surface area contributed by atoms with Crippen LogP contribution in [0, 0.1) is 0 Å². The first-order valence-corrected chi connectivity index (χ1v) is 7.16.